The lowest BCUT2D eigenvalue weighted by molar-refractivity contribution is 0.0514. The van der Waals surface area contributed by atoms with Crippen molar-refractivity contribution in [3.63, 3.8) is 0 Å². The molecule has 0 aromatic heterocycles. The number of carbonyl (C=O) groups excluding carboxylic acids is 2. The highest BCUT2D eigenvalue weighted by Crippen LogP contribution is 2.03. The number of rotatable bonds is 5. The van der Waals surface area contributed by atoms with Gasteiger partial charge in [-0.3, -0.25) is 4.79 Å². The molecule has 0 aliphatic carbocycles. The average molecular weight is 310 g/mol. The number of carbonyl (C=O) groups is 2. The van der Waals surface area contributed by atoms with Crippen molar-refractivity contribution in [3.05, 3.63) is 71.8 Å². The monoisotopic (exact) mass is 310 g/mol. The molecule has 118 valence electrons. The molecule has 0 spiro atoms. The molecule has 5 nitrogen and oxygen atoms in total. The fourth-order valence-corrected chi connectivity index (χ4v) is 1.79. The molecule has 0 radical (unpaired) electrons. The summed E-state index contributed by atoms with van der Waals surface area (Å²) in [6.45, 7) is 3.46. The van der Waals surface area contributed by atoms with Crippen LogP contribution in [0.3, 0.4) is 0 Å². The van der Waals surface area contributed by atoms with Crippen LogP contribution in [0.25, 0.3) is 0 Å². The first-order chi connectivity index (χ1) is 11.1. The number of hydrogen-bond acceptors (Lipinski definition) is 4. The summed E-state index contributed by atoms with van der Waals surface area (Å²) in [5.41, 5.74) is 1.48. The van der Waals surface area contributed by atoms with Gasteiger partial charge >= 0.3 is 5.97 Å². The van der Waals surface area contributed by atoms with E-state index in [0.717, 1.165) is 0 Å². The van der Waals surface area contributed by atoms with E-state index in [-0.39, 0.29) is 11.9 Å². The summed E-state index contributed by atoms with van der Waals surface area (Å²) in [4.78, 5) is 28.7. The molecule has 5 heteroatoms. The van der Waals surface area contributed by atoms with Gasteiger partial charge in [-0.05, 0) is 38.1 Å². The first kappa shape index (κ1) is 16.4. The highest BCUT2D eigenvalue weighted by molar-refractivity contribution is 5.98. The van der Waals surface area contributed by atoms with Crippen LogP contribution in [-0.4, -0.2) is 23.6 Å². The number of nitrogens with one attached hydrogen (secondary N) is 1. The van der Waals surface area contributed by atoms with Crippen LogP contribution in [0.2, 0.25) is 0 Å². The zero-order valence-corrected chi connectivity index (χ0v) is 13.0. The first-order valence-electron chi connectivity index (χ1n) is 7.24. The van der Waals surface area contributed by atoms with Gasteiger partial charge in [0.15, 0.2) is 0 Å². The third-order valence-corrected chi connectivity index (χ3v) is 3.29. The normalized spacial score (nSPS) is 12.3. The Bertz CT molecular complexity index is 697. The number of benzene rings is 2. The minimum atomic E-state index is -0.536. The van der Waals surface area contributed by atoms with E-state index >= 15 is 0 Å². The molecule has 0 heterocycles. The van der Waals surface area contributed by atoms with Gasteiger partial charge in [-0.1, -0.05) is 41.6 Å². The summed E-state index contributed by atoms with van der Waals surface area (Å²) in [5, 5.41) is 6.60. The summed E-state index contributed by atoms with van der Waals surface area (Å²) in [6.07, 6.45) is 0. The Morgan fingerprint density at radius 1 is 0.957 bits per heavy atom. The highest BCUT2D eigenvalue weighted by Gasteiger charge is 2.13. The van der Waals surface area contributed by atoms with Gasteiger partial charge in [0.2, 0.25) is 0 Å². The van der Waals surface area contributed by atoms with Crippen molar-refractivity contribution in [1.29, 1.82) is 0 Å². The van der Waals surface area contributed by atoms with Crippen molar-refractivity contribution in [2.45, 2.75) is 19.9 Å². The molecular weight excluding hydrogens is 292 g/mol. The Kier molecular flexibility index (Phi) is 5.63. The lowest BCUT2D eigenvalue weighted by Crippen LogP contribution is -2.37. The largest absolute Gasteiger partial charge is 0.365 e. The van der Waals surface area contributed by atoms with Crippen molar-refractivity contribution in [3.8, 4) is 0 Å². The van der Waals surface area contributed by atoms with Gasteiger partial charge in [0.1, 0.15) is 0 Å². The molecule has 2 aromatic rings. The number of hydrogen-bond donors (Lipinski definition) is 1. The van der Waals surface area contributed by atoms with Crippen molar-refractivity contribution in [2.24, 2.45) is 5.16 Å². The summed E-state index contributed by atoms with van der Waals surface area (Å²) >= 11 is 0. The van der Waals surface area contributed by atoms with E-state index in [1.165, 1.54) is 0 Å². The van der Waals surface area contributed by atoms with Gasteiger partial charge in [-0.25, -0.2) is 4.79 Å². The number of nitrogens with zero attached hydrogens (tertiary/aromatic N) is 1. The Morgan fingerprint density at radius 3 is 2.04 bits per heavy atom. The molecule has 1 amide bonds. The fraction of sp³-hybridized carbons (Fsp3) is 0.167. The molecule has 2 aromatic carbocycles. The van der Waals surface area contributed by atoms with Crippen LogP contribution in [0, 0.1) is 0 Å². The Morgan fingerprint density at radius 2 is 1.48 bits per heavy atom. The molecule has 0 bridgehead atoms. The maximum atomic E-state index is 12.0. The van der Waals surface area contributed by atoms with E-state index < -0.39 is 5.97 Å². The van der Waals surface area contributed by atoms with Crippen molar-refractivity contribution in [2.75, 3.05) is 0 Å². The minimum Gasteiger partial charge on any atom is -0.344 e. The Hall–Kier alpha value is -2.95. The highest BCUT2D eigenvalue weighted by atomic mass is 16.7. The molecule has 0 unspecified atom stereocenters. The van der Waals surface area contributed by atoms with Crippen molar-refractivity contribution < 1.29 is 14.4 Å². The van der Waals surface area contributed by atoms with Crippen LogP contribution in [0.15, 0.2) is 65.8 Å². The second-order valence-electron chi connectivity index (χ2n) is 5.04. The lowest BCUT2D eigenvalue weighted by Gasteiger charge is -2.13. The summed E-state index contributed by atoms with van der Waals surface area (Å²) < 4.78 is 0. The molecule has 0 fully saturated rings. The van der Waals surface area contributed by atoms with Crippen LogP contribution in [0.1, 0.15) is 34.6 Å². The summed E-state index contributed by atoms with van der Waals surface area (Å²) in [7, 11) is 0. The molecule has 0 saturated carbocycles. The Balaban J connectivity index is 1.93. The predicted octanol–water partition coefficient (Wildman–Crippen LogP) is 3.04. The number of oxime groups is 1. The van der Waals surface area contributed by atoms with Gasteiger partial charge in [-0.15, -0.1) is 0 Å². The predicted molar refractivity (Wildman–Crippen MR) is 88.3 cm³/mol. The summed E-state index contributed by atoms with van der Waals surface area (Å²) in [6, 6.07) is 17.1. The first-order valence-corrected chi connectivity index (χ1v) is 7.24. The second-order valence-corrected chi connectivity index (χ2v) is 5.04. The van der Waals surface area contributed by atoms with E-state index in [1.807, 2.05) is 12.1 Å². The van der Waals surface area contributed by atoms with Crippen LogP contribution in [0.5, 0.6) is 0 Å². The SMILES string of the molecule is CC(=NOC(=O)c1ccccc1)[C@H](C)NC(=O)c1ccccc1. The van der Waals surface area contributed by atoms with E-state index in [0.29, 0.717) is 16.8 Å². The fourth-order valence-electron chi connectivity index (χ4n) is 1.79. The molecule has 2 rings (SSSR count). The zero-order valence-electron chi connectivity index (χ0n) is 13.0. The molecule has 0 aliphatic heterocycles. The third kappa shape index (κ3) is 4.78. The molecule has 0 aliphatic rings. The maximum absolute atomic E-state index is 12.0. The molecule has 1 atom stereocenters. The lowest BCUT2D eigenvalue weighted by atomic mass is 10.1. The van der Waals surface area contributed by atoms with Crippen LogP contribution >= 0.6 is 0 Å². The van der Waals surface area contributed by atoms with Crippen LogP contribution in [-0.2, 0) is 4.84 Å². The molecule has 23 heavy (non-hydrogen) atoms. The Labute approximate surface area is 135 Å². The van der Waals surface area contributed by atoms with E-state index in [9.17, 15) is 9.59 Å². The van der Waals surface area contributed by atoms with Crippen LogP contribution in [0.4, 0.5) is 0 Å². The van der Waals surface area contributed by atoms with Crippen LogP contribution < -0.4 is 5.32 Å². The minimum absolute atomic E-state index is 0.206. The van der Waals surface area contributed by atoms with Gasteiger partial charge in [0.25, 0.3) is 5.91 Å². The zero-order chi connectivity index (χ0) is 16.7. The number of amides is 1. The third-order valence-electron chi connectivity index (χ3n) is 3.29. The van der Waals surface area contributed by atoms with Gasteiger partial charge in [0.05, 0.1) is 17.3 Å². The summed E-state index contributed by atoms with van der Waals surface area (Å²) in [5.74, 6) is -0.742. The molecular formula is C18H18N2O3. The maximum Gasteiger partial charge on any atom is 0.365 e. The van der Waals surface area contributed by atoms with Crippen molar-refractivity contribution in [1.82, 2.24) is 5.32 Å². The quantitative estimate of drug-likeness (QED) is 0.524. The average Bonchev–Trinajstić information content (AvgIpc) is 2.60. The van der Waals surface area contributed by atoms with E-state index in [1.54, 1.807) is 62.4 Å². The van der Waals surface area contributed by atoms with Gasteiger partial charge < -0.3 is 10.2 Å². The van der Waals surface area contributed by atoms with E-state index in [4.69, 9.17) is 4.84 Å². The second kappa shape index (κ2) is 7.89. The standard InChI is InChI=1S/C18H18N2O3/c1-13(19-17(21)15-9-5-3-6-10-15)14(2)20-23-18(22)16-11-7-4-8-12-16/h3-13H,1-2H3,(H,19,21)/t13-/m0/s1. The molecule has 1 N–H and O–H groups in total. The molecule has 0 saturated heterocycles. The topological polar surface area (TPSA) is 67.8 Å². The van der Waals surface area contributed by atoms with Crippen molar-refractivity contribution >= 4 is 17.6 Å². The van der Waals surface area contributed by atoms with E-state index in [2.05, 4.69) is 10.5 Å². The van der Waals surface area contributed by atoms with Gasteiger partial charge in [-0.2, -0.15) is 0 Å². The smallest absolute Gasteiger partial charge is 0.344 e. The van der Waals surface area contributed by atoms with Gasteiger partial charge in [0, 0.05) is 5.56 Å².